The van der Waals surface area contributed by atoms with Crippen LogP contribution < -0.4 is 15.8 Å². The van der Waals surface area contributed by atoms with Crippen molar-refractivity contribution < 1.29 is 43.2 Å². The van der Waals surface area contributed by atoms with Gasteiger partial charge in [-0.3, -0.25) is 19.4 Å². The number of piperidine rings is 1. The molecule has 3 aromatic carbocycles. The highest BCUT2D eigenvalue weighted by atomic mass is 19.4. The number of hydrogen-bond donors (Lipinski definition) is 3. The summed E-state index contributed by atoms with van der Waals surface area (Å²) in [5.74, 6) is -2.93. The number of aliphatic hydroxyl groups is 1. The lowest BCUT2D eigenvalue weighted by Gasteiger charge is -2.55. The lowest BCUT2D eigenvalue weighted by Crippen LogP contribution is -2.65. The van der Waals surface area contributed by atoms with Crippen molar-refractivity contribution in [2.75, 3.05) is 52.5 Å². The van der Waals surface area contributed by atoms with Crippen molar-refractivity contribution >= 4 is 23.3 Å². The Morgan fingerprint density at radius 3 is 2.57 bits per heavy atom. The largest absolute Gasteiger partial charge is 0.493 e. The molecular formula is C42H47F4N7O5. The van der Waals surface area contributed by atoms with Crippen LogP contribution in [-0.2, 0) is 15.7 Å². The smallest absolute Gasteiger partial charge is 0.416 e. The fraction of sp³-hybridized carbons (Fsp3) is 0.429. The van der Waals surface area contributed by atoms with Crippen LogP contribution in [0.1, 0.15) is 55.0 Å². The second kappa shape index (κ2) is 16.9. The summed E-state index contributed by atoms with van der Waals surface area (Å²) in [4.78, 5) is 38.5. The standard InChI is InChI=1S/C42H45F4N7O5.H2/c1-2-52-37(49-30-9-4-11-32(20-30)58-18-6-16-51-22-41(23-51)24-57-25-41)34(35(48)39(55)53-17-5-10-31(53)21-47)33(26-12-14-29(43)15-13-26)36(40(52)56)50-38(54)27-7-3-8-28(19-27)42(44,45)46;/h3-4,7-9,11-15,19-20,31,33,36,39,55H,2,5-6,10,16-18,22-25,48H2,1H3,(H,50,54);1H/b35-34-,49-37?;/t31-,33-,36-,39?;/m0./s1. The number of nitrogens with two attached hydrogens (primary N) is 1. The lowest BCUT2D eigenvalue weighted by molar-refractivity contribution is -0.189. The van der Waals surface area contributed by atoms with E-state index < -0.39 is 53.6 Å². The summed E-state index contributed by atoms with van der Waals surface area (Å²) >= 11 is 0. The van der Waals surface area contributed by atoms with Gasteiger partial charge in [0.25, 0.3) is 11.8 Å². The van der Waals surface area contributed by atoms with Crippen LogP contribution in [-0.4, -0.2) is 108 Å². The Morgan fingerprint density at radius 2 is 1.90 bits per heavy atom. The average molecular weight is 806 g/mol. The molecule has 0 aliphatic carbocycles. The zero-order valence-corrected chi connectivity index (χ0v) is 31.9. The highest BCUT2D eigenvalue weighted by Crippen LogP contribution is 2.40. The van der Waals surface area contributed by atoms with Crippen LogP contribution in [0.3, 0.4) is 0 Å². The van der Waals surface area contributed by atoms with Gasteiger partial charge in [-0.05, 0) is 74.2 Å². The highest BCUT2D eigenvalue weighted by molar-refractivity contribution is 6.16. The number of alkyl halides is 3. The molecule has 4 atom stereocenters. The molecule has 4 saturated heterocycles. The molecule has 58 heavy (non-hydrogen) atoms. The van der Waals surface area contributed by atoms with E-state index in [1.54, 1.807) is 31.2 Å². The zero-order valence-electron chi connectivity index (χ0n) is 31.9. The number of nitrogens with zero attached hydrogens (tertiary/aromatic N) is 5. The average Bonchev–Trinajstić information content (AvgIpc) is 3.66. The molecule has 4 heterocycles. The first kappa shape index (κ1) is 40.8. The number of likely N-dealkylation sites (N-methyl/N-ethyl adjacent to an activating group) is 1. The molecule has 1 spiro atoms. The molecule has 0 bridgehead atoms. The van der Waals surface area contributed by atoms with E-state index in [9.17, 15) is 37.5 Å². The van der Waals surface area contributed by atoms with E-state index in [1.165, 1.54) is 28.0 Å². The van der Waals surface area contributed by atoms with Gasteiger partial charge in [-0.15, -0.1) is 0 Å². The molecule has 12 nitrogen and oxygen atoms in total. The van der Waals surface area contributed by atoms with E-state index in [0.717, 1.165) is 63.5 Å². The van der Waals surface area contributed by atoms with Gasteiger partial charge in [0.2, 0.25) is 0 Å². The van der Waals surface area contributed by atoms with Crippen molar-refractivity contribution in [3.63, 3.8) is 0 Å². The van der Waals surface area contributed by atoms with E-state index in [2.05, 4.69) is 16.3 Å². The van der Waals surface area contributed by atoms with Gasteiger partial charge in [-0.1, -0.05) is 24.3 Å². The Hall–Kier alpha value is -5.34. The molecule has 0 radical (unpaired) electrons. The molecule has 1 unspecified atom stereocenters. The first-order valence-electron chi connectivity index (χ1n) is 19.3. The maximum atomic E-state index is 14.6. The topological polar surface area (TPSA) is 157 Å². The Labute approximate surface area is 335 Å². The number of aliphatic imine (C=N–C) groups is 1. The van der Waals surface area contributed by atoms with Crippen LogP contribution in [0.25, 0.3) is 0 Å². The Balaban J connectivity index is 0.00000585. The third-order valence-electron chi connectivity index (χ3n) is 11.2. The number of likely N-dealkylation sites (tertiary alicyclic amines) is 3. The Kier molecular flexibility index (Phi) is 11.9. The number of carbonyl (C=O) groups excluding carboxylic acids is 2. The number of amides is 2. The maximum absolute atomic E-state index is 14.6. The summed E-state index contributed by atoms with van der Waals surface area (Å²) in [6, 6.07) is 15.8. The van der Waals surface area contributed by atoms with Gasteiger partial charge in [-0.2, -0.15) is 18.4 Å². The van der Waals surface area contributed by atoms with Crippen LogP contribution >= 0.6 is 0 Å². The first-order chi connectivity index (χ1) is 27.8. The van der Waals surface area contributed by atoms with E-state index in [0.29, 0.717) is 54.5 Å². The molecule has 4 aliphatic rings. The number of carbonyl (C=O) groups is 2. The van der Waals surface area contributed by atoms with Gasteiger partial charge in [0, 0.05) is 62.7 Å². The summed E-state index contributed by atoms with van der Waals surface area (Å²) < 4.78 is 66.8. The minimum Gasteiger partial charge on any atom is -0.493 e. The van der Waals surface area contributed by atoms with Gasteiger partial charge in [0.05, 0.1) is 42.8 Å². The van der Waals surface area contributed by atoms with Gasteiger partial charge >= 0.3 is 6.18 Å². The SMILES string of the molecule is CCN1C(=O)[C@@H](NC(=O)c2cccc(C(F)(F)F)c2)[C@@H](c2ccc(F)cc2)/C(=C(/N)C(O)N2CCC[C@H]2C#N)C1=Nc1cccc(OCCCN2CC3(COC3)C2)c1.[HH]. The molecule has 7 rings (SSSR count). The molecule has 308 valence electrons. The third kappa shape index (κ3) is 8.44. The van der Waals surface area contributed by atoms with Crippen molar-refractivity contribution in [1.82, 2.24) is 20.0 Å². The van der Waals surface area contributed by atoms with E-state index in [1.807, 2.05) is 0 Å². The van der Waals surface area contributed by atoms with Crippen molar-refractivity contribution in [2.45, 2.75) is 56.6 Å². The number of rotatable bonds is 12. The number of halogens is 4. The fourth-order valence-electron chi connectivity index (χ4n) is 8.25. The predicted octanol–water partition coefficient (Wildman–Crippen LogP) is 5.19. The number of benzene rings is 3. The quantitative estimate of drug-likeness (QED) is 0.166. The van der Waals surface area contributed by atoms with Gasteiger partial charge in [0.15, 0.2) is 0 Å². The predicted molar refractivity (Wildman–Crippen MR) is 207 cm³/mol. The number of ether oxygens (including phenoxy) is 2. The van der Waals surface area contributed by atoms with Crippen molar-refractivity contribution in [2.24, 2.45) is 16.1 Å². The second-order valence-corrected chi connectivity index (χ2v) is 15.2. The maximum Gasteiger partial charge on any atom is 0.416 e. The van der Waals surface area contributed by atoms with Gasteiger partial charge in [0.1, 0.15) is 35.7 Å². The van der Waals surface area contributed by atoms with Crippen LogP contribution in [0.4, 0.5) is 23.2 Å². The summed E-state index contributed by atoms with van der Waals surface area (Å²) in [6.07, 6.45) is -4.40. The summed E-state index contributed by atoms with van der Waals surface area (Å²) in [6.45, 7) is 7.00. The van der Waals surface area contributed by atoms with E-state index in [4.69, 9.17) is 20.2 Å². The molecular weight excluding hydrogens is 758 g/mol. The number of hydrogen-bond acceptors (Lipinski definition) is 10. The molecule has 4 aliphatic heterocycles. The summed E-state index contributed by atoms with van der Waals surface area (Å²) in [5, 5.41) is 24.4. The number of nitrogens with one attached hydrogen (secondary N) is 1. The number of amidine groups is 1. The minimum atomic E-state index is -4.74. The monoisotopic (exact) mass is 805 g/mol. The van der Waals surface area contributed by atoms with Crippen LogP contribution in [0.5, 0.6) is 5.75 Å². The van der Waals surface area contributed by atoms with Gasteiger partial charge in [-0.25, -0.2) is 9.38 Å². The summed E-state index contributed by atoms with van der Waals surface area (Å²) in [7, 11) is 0. The summed E-state index contributed by atoms with van der Waals surface area (Å²) in [5.41, 5.74) is 6.43. The number of aliphatic hydroxyl groups excluding tert-OH is 1. The van der Waals surface area contributed by atoms with Crippen molar-refractivity contribution in [3.8, 4) is 11.8 Å². The van der Waals surface area contributed by atoms with Crippen LogP contribution in [0.2, 0.25) is 0 Å². The van der Waals surface area contributed by atoms with Crippen LogP contribution in [0.15, 0.2) is 89.1 Å². The molecule has 0 aromatic heterocycles. The van der Waals surface area contributed by atoms with Gasteiger partial charge < -0.3 is 30.5 Å². The second-order valence-electron chi connectivity index (χ2n) is 15.2. The Bertz CT molecular complexity index is 2120. The van der Waals surface area contributed by atoms with Crippen molar-refractivity contribution in [3.05, 3.63) is 107 Å². The molecule has 2 amide bonds. The minimum absolute atomic E-state index is 0. The van der Waals surface area contributed by atoms with Crippen LogP contribution in [0, 0.1) is 22.6 Å². The molecule has 0 saturated carbocycles. The normalized spacial score (nSPS) is 24.2. The molecule has 16 heteroatoms. The highest BCUT2D eigenvalue weighted by Gasteiger charge is 2.49. The first-order valence-corrected chi connectivity index (χ1v) is 19.3. The third-order valence-corrected chi connectivity index (χ3v) is 11.2. The molecule has 4 fully saturated rings. The zero-order chi connectivity index (χ0) is 41.2. The van der Waals surface area contributed by atoms with E-state index >= 15 is 0 Å². The van der Waals surface area contributed by atoms with E-state index in [-0.39, 0.29) is 30.6 Å². The Morgan fingerprint density at radius 1 is 1.16 bits per heavy atom. The fourth-order valence-corrected chi connectivity index (χ4v) is 8.25. The lowest BCUT2D eigenvalue weighted by atomic mass is 9.78. The van der Waals surface area contributed by atoms with Crippen molar-refractivity contribution in [1.29, 1.82) is 5.26 Å². The number of nitriles is 1. The molecule has 3 aromatic rings. The molecule has 4 N–H and O–H groups in total.